The molecule has 1 saturated heterocycles. The van der Waals surface area contributed by atoms with Crippen LogP contribution in [0.4, 0.5) is 8.78 Å². The van der Waals surface area contributed by atoms with E-state index >= 15 is 0 Å². The first-order valence-electron chi connectivity index (χ1n) is 12.4. The molecule has 3 atom stereocenters. The lowest BCUT2D eigenvalue weighted by Gasteiger charge is -2.46. The standard InChI is InChI=1S/C27H26F2N6O4/c1-33-13-30-22-18(33)9-15(10-19(22)38-3)26(37)35-11-16(14-7-5-4-6-8-14)21-17(12-35)20-23(24(36)31-21)34(2)32-25(20)39-27(28)29/h4-10,13,16-17,21,27H,11-12H2,1-3H3,(H,31,36)/t16-,17?,21+/m1/s1. The molecular formula is C27H26F2N6O4. The largest absolute Gasteiger partial charge is 0.494 e. The third-order valence-corrected chi connectivity index (χ3v) is 7.61. The lowest BCUT2D eigenvalue weighted by Crippen LogP contribution is -2.58. The molecule has 0 saturated carbocycles. The number of halogens is 2. The van der Waals surface area contributed by atoms with Gasteiger partial charge in [0.1, 0.15) is 17.0 Å². The number of benzene rings is 2. The molecule has 0 bridgehead atoms. The van der Waals surface area contributed by atoms with E-state index in [1.807, 2.05) is 37.4 Å². The molecule has 4 heterocycles. The number of fused-ring (bicyclic) bond motifs is 4. The van der Waals surface area contributed by atoms with Gasteiger partial charge in [-0.25, -0.2) is 4.98 Å². The quantitative estimate of drug-likeness (QED) is 0.421. The maximum Gasteiger partial charge on any atom is 0.388 e. The fourth-order valence-electron chi connectivity index (χ4n) is 5.88. The molecule has 10 nitrogen and oxygen atoms in total. The summed E-state index contributed by atoms with van der Waals surface area (Å²) in [6.45, 7) is -2.65. The van der Waals surface area contributed by atoms with Crippen molar-refractivity contribution in [2.75, 3.05) is 20.2 Å². The molecule has 1 fully saturated rings. The normalized spacial score (nSPS) is 20.5. The topological polar surface area (TPSA) is 104 Å². The van der Waals surface area contributed by atoms with Gasteiger partial charge < -0.3 is 24.3 Å². The molecule has 2 aliphatic heterocycles. The highest BCUT2D eigenvalue weighted by molar-refractivity contribution is 6.00. The van der Waals surface area contributed by atoms with Gasteiger partial charge >= 0.3 is 6.61 Å². The Kier molecular flexibility index (Phi) is 5.96. The van der Waals surface area contributed by atoms with Crippen molar-refractivity contribution in [3.63, 3.8) is 0 Å². The summed E-state index contributed by atoms with van der Waals surface area (Å²) in [5, 5.41) is 7.15. The number of rotatable bonds is 5. The second kappa shape index (κ2) is 9.37. The molecule has 2 amide bonds. The minimum absolute atomic E-state index is 0.144. The first kappa shape index (κ1) is 24.8. The number of ether oxygens (including phenoxy) is 2. The zero-order valence-corrected chi connectivity index (χ0v) is 21.5. The number of carbonyl (C=O) groups excluding carboxylic acids is 2. The number of hydrogen-bond donors (Lipinski definition) is 1. The van der Waals surface area contributed by atoms with Crippen molar-refractivity contribution in [2.45, 2.75) is 24.5 Å². The monoisotopic (exact) mass is 536 g/mol. The molecule has 1 unspecified atom stereocenters. The lowest BCUT2D eigenvalue weighted by atomic mass is 9.74. The van der Waals surface area contributed by atoms with Crippen LogP contribution in [0, 0.1) is 0 Å². The van der Waals surface area contributed by atoms with E-state index in [2.05, 4.69) is 15.4 Å². The summed E-state index contributed by atoms with van der Waals surface area (Å²) >= 11 is 0. The van der Waals surface area contributed by atoms with Crippen LogP contribution in [0.5, 0.6) is 11.6 Å². The average Bonchev–Trinajstić information content (AvgIpc) is 3.47. The van der Waals surface area contributed by atoms with Gasteiger partial charge in [0.05, 0.1) is 24.5 Å². The zero-order valence-electron chi connectivity index (χ0n) is 21.5. The number of methoxy groups -OCH3 is 1. The first-order chi connectivity index (χ1) is 18.8. The highest BCUT2D eigenvalue weighted by Crippen LogP contribution is 2.44. The number of hydrogen-bond acceptors (Lipinski definition) is 6. The van der Waals surface area contributed by atoms with Gasteiger partial charge in [0, 0.05) is 50.6 Å². The predicted molar refractivity (Wildman–Crippen MR) is 136 cm³/mol. The molecule has 0 spiro atoms. The Morgan fingerprint density at radius 2 is 1.87 bits per heavy atom. The van der Waals surface area contributed by atoms with Crippen molar-refractivity contribution >= 4 is 22.8 Å². The van der Waals surface area contributed by atoms with Crippen LogP contribution in [-0.2, 0) is 14.1 Å². The number of carbonyl (C=O) groups is 2. The average molecular weight is 537 g/mol. The summed E-state index contributed by atoms with van der Waals surface area (Å²) in [6.07, 6.45) is 1.65. The van der Waals surface area contributed by atoms with Gasteiger partial charge in [0.2, 0.25) is 5.88 Å². The van der Waals surface area contributed by atoms with Crippen molar-refractivity contribution < 1.29 is 27.8 Å². The van der Waals surface area contributed by atoms with Crippen molar-refractivity contribution in [1.82, 2.24) is 29.5 Å². The van der Waals surface area contributed by atoms with E-state index in [1.165, 1.54) is 18.8 Å². The number of piperidine rings is 1. The highest BCUT2D eigenvalue weighted by Gasteiger charge is 2.48. The third kappa shape index (κ3) is 4.06. The van der Waals surface area contributed by atoms with E-state index in [4.69, 9.17) is 9.47 Å². The number of aryl methyl sites for hydroxylation is 2. The maximum atomic E-state index is 14.0. The predicted octanol–water partition coefficient (Wildman–Crippen LogP) is 3.05. The maximum absolute atomic E-state index is 14.0. The Morgan fingerprint density at radius 3 is 2.59 bits per heavy atom. The Bertz CT molecular complexity index is 1580. The second-order valence-corrected chi connectivity index (χ2v) is 9.80. The lowest BCUT2D eigenvalue weighted by molar-refractivity contribution is -0.0543. The molecule has 0 radical (unpaired) electrons. The second-order valence-electron chi connectivity index (χ2n) is 9.80. The van der Waals surface area contributed by atoms with E-state index in [9.17, 15) is 18.4 Å². The summed E-state index contributed by atoms with van der Waals surface area (Å²) in [5.41, 5.74) is 3.12. The smallest absolute Gasteiger partial charge is 0.388 e. The van der Waals surface area contributed by atoms with Gasteiger partial charge in [0.25, 0.3) is 11.8 Å². The van der Waals surface area contributed by atoms with Gasteiger partial charge in [-0.3, -0.25) is 14.3 Å². The van der Waals surface area contributed by atoms with Gasteiger partial charge in [-0.2, -0.15) is 8.78 Å². The fourth-order valence-corrected chi connectivity index (χ4v) is 5.88. The molecule has 2 aliphatic rings. The van der Waals surface area contributed by atoms with Crippen molar-refractivity contribution in [2.24, 2.45) is 14.1 Å². The van der Waals surface area contributed by atoms with Crippen LogP contribution in [0.15, 0.2) is 48.8 Å². The first-order valence-corrected chi connectivity index (χ1v) is 12.4. The molecule has 39 heavy (non-hydrogen) atoms. The summed E-state index contributed by atoms with van der Waals surface area (Å²) < 4.78 is 40.0. The Morgan fingerprint density at radius 1 is 1.13 bits per heavy atom. The number of likely N-dealkylation sites (tertiary alicyclic amines) is 1. The molecular weight excluding hydrogens is 510 g/mol. The van der Waals surface area contributed by atoms with Crippen LogP contribution in [0.25, 0.3) is 11.0 Å². The van der Waals surface area contributed by atoms with Crippen LogP contribution in [0.2, 0.25) is 0 Å². The van der Waals surface area contributed by atoms with E-state index in [-0.39, 0.29) is 35.5 Å². The minimum atomic E-state index is -3.11. The summed E-state index contributed by atoms with van der Waals surface area (Å²) in [7, 11) is 4.86. The fraction of sp³-hybridized carbons (Fsp3) is 0.333. The molecule has 202 valence electrons. The summed E-state index contributed by atoms with van der Waals surface area (Å²) in [4.78, 5) is 33.2. The van der Waals surface area contributed by atoms with Gasteiger partial charge in [-0.15, -0.1) is 5.10 Å². The number of amides is 2. The Balaban J connectivity index is 1.46. The van der Waals surface area contributed by atoms with Crippen LogP contribution < -0.4 is 14.8 Å². The molecule has 4 aromatic rings. The molecule has 2 aromatic heterocycles. The number of imidazole rings is 1. The molecule has 12 heteroatoms. The van der Waals surface area contributed by atoms with Crippen LogP contribution in [0.3, 0.4) is 0 Å². The molecule has 2 aromatic carbocycles. The van der Waals surface area contributed by atoms with Gasteiger partial charge in [-0.1, -0.05) is 30.3 Å². The summed E-state index contributed by atoms with van der Waals surface area (Å²) in [5.74, 6) is -1.35. The van der Waals surface area contributed by atoms with E-state index in [0.29, 0.717) is 23.4 Å². The Hall–Kier alpha value is -4.48. The van der Waals surface area contributed by atoms with Gasteiger partial charge in [0.15, 0.2) is 0 Å². The van der Waals surface area contributed by atoms with E-state index in [1.54, 1.807) is 27.9 Å². The minimum Gasteiger partial charge on any atom is -0.494 e. The van der Waals surface area contributed by atoms with Crippen molar-refractivity contribution in [3.8, 4) is 11.6 Å². The zero-order chi connectivity index (χ0) is 27.4. The van der Waals surface area contributed by atoms with E-state index in [0.717, 1.165) is 11.1 Å². The van der Waals surface area contributed by atoms with Crippen molar-refractivity contribution in [3.05, 3.63) is 71.2 Å². The van der Waals surface area contributed by atoms with Crippen molar-refractivity contribution in [1.29, 1.82) is 0 Å². The molecule has 1 N–H and O–H groups in total. The van der Waals surface area contributed by atoms with Crippen LogP contribution in [-0.4, -0.2) is 68.9 Å². The highest BCUT2D eigenvalue weighted by atomic mass is 19.3. The summed E-state index contributed by atoms with van der Waals surface area (Å²) in [6, 6.07) is 12.5. The van der Waals surface area contributed by atoms with Gasteiger partial charge in [-0.05, 0) is 17.7 Å². The molecule has 0 aliphatic carbocycles. The SMILES string of the molecule is COc1cc(C(=O)N2CC3c4c(OC(F)F)nn(C)c4C(=O)N[C@H]3[C@@H](c3ccccc3)C2)cc2c1ncn2C. The number of aromatic nitrogens is 4. The number of alkyl halides is 2. The third-order valence-electron chi connectivity index (χ3n) is 7.61. The number of nitrogens with zero attached hydrogens (tertiary/aromatic N) is 5. The molecule has 6 rings (SSSR count). The van der Waals surface area contributed by atoms with Crippen LogP contribution >= 0.6 is 0 Å². The van der Waals surface area contributed by atoms with Crippen LogP contribution in [0.1, 0.15) is 43.8 Å². The Labute approximate surface area is 222 Å². The van der Waals surface area contributed by atoms with E-state index < -0.39 is 24.5 Å². The number of nitrogens with one attached hydrogen (secondary N) is 1.